The molecular weight excluding hydrogens is 246 g/mol. The highest BCUT2D eigenvalue weighted by molar-refractivity contribution is 5.18. The summed E-state index contributed by atoms with van der Waals surface area (Å²) in [6.07, 6.45) is 2.07. The van der Waals surface area contributed by atoms with E-state index in [0.29, 0.717) is 6.04 Å². The Bertz CT molecular complexity index is 429. The first-order valence-electron chi connectivity index (χ1n) is 7.69. The van der Waals surface area contributed by atoms with E-state index < -0.39 is 0 Å². The largest absolute Gasteiger partial charge is 0.294 e. The Morgan fingerprint density at radius 1 is 1.10 bits per heavy atom. The summed E-state index contributed by atoms with van der Waals surface area (Å²) in [5.74, 6) is 0. The summed E-state index contributed by atoms with van der Waals surface area (Å²) in [5.41, 5.74) is 1.38. The summed E-state index contributed by atoms with van der Waals surface area (Å²) in [6, 6.07) is 13.7. The molecule has 1 aliphatic heterocycles. The van der Waals surface area contributed by atoms with E-state index in [9.17, 15) is 5.26 Å². The lowest BCUT2D eigenvalue weighted by atomic mass is 10.1. The molecule has 108 valence electrons. The number of hydrogen-bond acceptors (Lipinski definition) is 3. The third kappa shape index (κ3) is 3.59. The van der Waals surface area contributed by atoms with Crippen molar-refractivity contribution in [2.75, 3.05) is 26.2 Å². The van der Waals surface area contributed by atoms with Crippen LogP contribution < -0.4 is 0 Å². The quantitative estimate of drug-likeness (QED) is 0.824. The van der Waals surface area contributed by atoms with Crippen LogP contribution in [0.1, 0.15) is 38.3 Å². The minimum atomic E-state index is 0.106. The number of benzene rings is 1. The lowest BCUT2D eigenvalue weighted by molar-refractivity contribution is 0.0853. The van der Waals surface area contributed by atoms with Crippen LogP contribution >= 0.6 is 0 Å². The van der Waals surface area contributed by atoms with Crippen LogP contribution in [0.25, 0.3) is 0 Å². The average Bonchev–Trinajstić information content (AvgIpc) is 2.53. The lowest BCUT2D eigenvalue weighted by Crippen LogP contribution is -2.50. The Hall–Kier alpha value is -1.37. The second-order valence-corrected chi connectivity index (χ2v) is 5.59. The van der Waals surface area contributed by atoms with Gasteiger partial charge in [0.15, 0.2) is 0 Å². The fraction of sp³-hybridized carbons (Fsp3) is 0.588. The van der Waals surface area contributed by atoms with Crippen LogP contribution in [-0.4, -0.2) is 42.0 Å². The Morgan fingerprint density at radius 3 is 2.25 bits per heavy atom. The molecule has 1 saturated heterocycles. The van der Waals surface area contributed by atoms with Gasteiger partial charge in [0.25, 0.3) is 0 Å². The van der Waals surface area contributed by atoms with E-state index in [2.05, 4.69) is 60.0 Å². The molecule has 3 heteroatoms. The van der Waals surface area contributed by atoms with Crippen molar-refractivity contribution >= 4 is 0 Å². The topological polar surface area (TPSA) is 30.3 Å². The Morgan fingerprint density at radius 2 is 1.70 bits per heavy atom. The standard InChI is InChI=1S/C17H25N3/c1-3-7-17(14-18)20-12-10-19(11-13-20)15(2)16-8-5-4-6-9-16/h4-6,8-9,15,17H,3,7,10-13H2,1-2H3. The third-order valence-corrected chi connectivity index (χ3v) is 4.33. The van der Waals surface area contributed by atoms with Crippen LogP contribution in [0.3, 0.4) is 0 Å². The molecule has 0 bridgehead atoms. The molecule has 1 aromatic carbocycles. The summed E-state index contributed by atoms with van der Waals surface area (Å²) in [4.78, 5) is 4.87. The lowest BCUT2D eigenvalue weighted by Gasteiger charge is -2.39. The average molecular weight is 271 g/mol. The smallest absolute Gasteiger partial charge is 0.0978 e. The van der Waals surface area contributed by atoms with Gasteiger partial charge >= 0.3 is 0 Å². The fourth-order valence-corrected chi connectivity index (χ4v) is 2.98. The van der Waals surface area contributed by atoms with E-state index in [1.54, 1.807) is 0 Å². The molecule has 2 unspecified atom stereocenters. The molecule has 0 aromatic heterocycles. The second-order valence-electron chi connectivity index (χ2n) is 5.59. The predicted octanol–water partition coefficient (Wildman–Crippen LogP) is 3.06. The molecular formula is C17H25N3. The zero-order valence-electron chi connectivity index (χ0n) is 12.6. The molecule has 0 N–H and O–H groups in total. The molecule has 1 aliphatic rings. The summed E-state index contributed by atoms with van der Waals surface area (Å²) < 4.78 is 0. The molecule has 1 heterocycles. The summed E-state index contributed by atoms with van der Waals surface area (Å²) >= 11 is 0. The van der Waals surface area contributed by atoms with E-state index in [0.717, 1.165) is 39.0 Å². The normalized spacial score (nSPS) is 20.2. The van der Waals surface area contributed by atoms with Gasteiger partial charge in [-0.3, -0.25) is 9.80 Å². The van der Waals surface area contributed by atoms with Gasteiger partial charge in [-0.05, 0) is 18.9 Å². The van der Waals surface area contributed by atoms with Gasteiger partial charge in [0.1, 0.15) is 0 Å². The maximum absolute atomic E-state index is 9.26. The van der Waals surface area contributed by atoms with Crippen LogP contribution in [0.2, 0.25) is 0 Å². The number of rotatable bonds is 5. The molecule has 0 spiro atoms. The van der Waals surface area contributed by atoms with Gasteiger partial charge in [0, 0.05) is 32.2 Å². The van der Waals surface area contributed by atoms with E-state index >= 15 is 0 Å². The van der Waals surface area contributed by atoms with Crippen LogP contribution in [0.15, 0.2) is 30.3 Å². The van der Waals surface area contributed by atoms with Crippen molar-refractivity contribution in [1.29, 1.82) is 5.26 Å². The van der Waals surface area contributed by atoms with Crippen LogP contribution in [0.5, 0.6) is 0 Å². The maximum Gasteiger partial charge on any atom is 0.0978 e. The molecule has 0 saturated carbocycles. The Kier molecular flexibility index (Phi) is 5.58. The molecule has 0 aliphatic carbocycles. The summed E-state index contributed by atoms with van der Waals surface area (Å²) in [6.45, 7) is 8.55. The zero-order valence-corrected chi connectivity index (χ0v) is 12.6. The number of nitrogens with zero attached hydrogens (tertiary/aromatic N) is 3. The Balaban J connectivity index is 1.90. The van der Waals surface area contributed by atoms with Crippen LogP contribution in [0, 0.1) is 11.3 Å². The van der Waals surface area contributed by atoms with Crippen molar-refractivity contribution in [3.63, 3.8) is 0 Å². The maximum atomic E-state index is 9.26. The first-order chi connectivity index (χ1) is 9.76. The van der Waals surface area contributed by atoms with Gasteiger partial charge in [0.05, 0.1) is 12.1 Å². The van der Waals surface area contributed by atoms with Gasteiger partial charge in [-0.25, -0.2) is 0 Å². The van der Waals surface area contributed by atoms with Gasteiger partial charge in [-0.2, -0.15) is 5.26 Å². The Labute approximate surface area is 122 Å². The van der Waals surface area contributed by atoms with E-state index in [-0.39, 0.29) is 6.04 Å². The highest BCUT2D eigenvalue weighted by Gasteiger charge is 2.25. The molecule has 1 fully saturated rings. The van der Waals surface area contributed by atoms with Crippen molar-refractivity contribution in [3.8, 4) is 6.07 Å². The van der Waals surface area contributed by atoms with E-state index in [1.165, 1.54) is 5.56 Å². The van der Waals surface area contributed by atoms with Crippen molar-refractivity contribution < 1.29 is 0 Å². The van der Waals surface area contributed by atoms with Crippen molar-refractivity contribution in [3.05, 3.63) is 35.9 Å². The summed E-state index contributed by atoms with van der Waals surface area (Å²) in [7, 11) is 0. The molecule has 2 atom stereocenters. The highest BCUT2D eigenvalue weighted by Crippen LogP contribution is 2.22. The van der Waals surface area contributed by atoms with Gasteiger partial charge < -0.3 is 0 Å². The first-order valence-corrected chi connectivity index (χ1v) is 7.69. The molecule has 0 radical (unpaired) electrons. The van der Waals surface area contributed by atoms with E-state index in [4.69, 9.17) is 0 Å². The fourth-order valence-electron chi connectivity index (χ4n) is 2.98. The van der Waals surface area contributed by atoms with Crippen molar-refractivity contribution in [2.45, 2.75) is 38.8 Å². The number of piperazine rings is 1. The zero-order chi connectivity index (χ0) is 14.4. The molecule has 3 nitrogen and oxygen atoms in total. The first kappa shape index (κ1) is 15.0. The minimum absolute atomic E-state index is 0.106. The second kappa shape index (κ2) is 7.42. The van der Waals surface area contributed by atoms with Crippen LogP contribution in [-0.2, 0) is 0 Å². The van der Waals surface area contributed by atoms with Gasteiger partial charge in [0.2, 0.25) is 0 Å². The predicted molar refractivity (Wildman–Crippen MR) is 82.3 cm³/mol. The SMILES string of the molecule is CCCC(C#N)N1CCN(C(C)c2ccccc2)CC1. The molecule has 0 amide bonds. The van der Waals surface area contributed by atoms with E-state index in [1.807, 2.05) is 0 Å². The van der Waals surface area contributed by atoms with Gasteiger partial charge in [-0.1, -0.05) is 43.7 Å². The van der Waals surface area contributed by atoms with Crippen molar-refractivity contribution in [2.24, 2.45) is 0 Å². The number of nitriles is 1. The van der Waals surface area contributed by atoms with Crippen molar-refractivity contribution in [1.82, 2.24) is 9.80 Å². The monoisotopic (exact) mass is 271 g/mol. The third-order valence-electron chi connectivity index (χ3n) is 4.33. The molecule has 1 aromatic rings. The van der Waals surface area contributed by atoms with Crippen LogP contribution in [0.4, 0.5) is 0 Å². The minimum Gasteiger partial charge on any atom is -0.294 e. The molecule has 20 heavy (non-hydrogen) atoms. The summed E-state index contributed by atoms with van der Waals surface area (Å²) in [5, 5.41) is 9.26. The highest BCUT2D eigenvalue weighted by atomic mass is 15.3. The number of hydrogen-bond donors (Lipinski definition) is 0. The molecule has 2 rings (SSSR count). The van der Waals surface area contributed by atoms with Gasteiger partial charge in [-0.15, -0.1) is 0 Å².